The normalized spacial score (nSPS) is 15.8. The van der Waals surface area contributed by atoms with Gasteiger partial charge in [0.25, 0.3) is 0 Å². The second kappa shape index (κ2) is 7.44. The Morgan fingerprint density at radius 3 is 2.28 bits per heavy atom. The number of nitrogens with one attached hydrogen (secondary N) is 2. The highest BCUT2D eigenvalue weighted by molar-refractivity contribution is 5.93. The third-order valence-electron chi connectivity index (χ3n) is 6.06. The predicted molar refractivity (Wildman–Crippen MR) is 125 cm³/mol. The van der Waals surface area contributed by atoms with Gasteiger partial charge >= 0.3 is 0 Å². The molecule has 162 valence electrons. The quantitative estimate of drug-likeness (QED) is 0.341. The Morgan fingerprint density at radius 1 is 0.812 bits per heavy atom. The van der Waals surface area contributed by atoms with Gasteiger partial charge in [-0.2, -0.15) is 4.98 Å². The number of aromatic hydroxyl groups is 2. The van der Waals surface area contributed by atoms with Crippen molar-refractivity contribution in [2.45, 2.75) is 44.3 Å². The van der Waals surface area contributed by atoms with E-state index < -0.39 is 0 Å². The van der Waals surface area contributed by atoms with Crippen molar-refractivity contribution >= 4 is 22.7 Å². The minimum atomic E-state index is 0.0437. The highest BCUT2D eigenvalue weighted by Crippen LogP contribution is 2.33. The molecule has 2 aromatic heterocycles. The second-order valence-electron chi connectivity index (χ2n) is 8.80. The first kappa shape index (κ1) is 19.0. The van der Waals surface area contributed by atoms with Gasteiger partial charge in [-0.1, -0.05) is 24.3 Å². The summed E-state index contributed by atoms with van der Waals surface area (Å²) in [6, 6.07) is 18.4. The van der Waals surface area contributed by atoms with Crippen LogP contribution in [0.2, 0.25) is 0 Å². The van der Waals surface area contributed by atoms with E-state index in [1.54, 1.807) is 0 Å². The Kier molecular flexibility index (Phi) is 4.41. The molecule has 7 nitrogen and oxygen atoms in total. The van der Waals surface area contributed by atoms with Crippen molar-refractivity contribution in [2.75, 3.05) is 10.6 Å². The van der Waals surface area contributed by atoms with Crippen LogP contribution in [-0.4, -0.2) is 36.8 Å². The van der Waals surface area contributed by atoms with E-state index in [0.29, 0.717) is 24.6 Å². The summed E-state index contributed by atoms with van der Waals surface area (Å²) in [6.45, 7) is 0.389. The molecule has 0 spiro atoms. The van der Waals surface area contributed by atoms with E-state index in [0.717, 1.165) is 33.4 Å². The van der Waals surface area contributed by atoms with Gasteiger partial charge in [0.05, 0.1) is 12.1 Å². The lowest BCUT2D eigenvalue weighted by Gasteiger charge is -2.13. The van der Waals surface area contributed by atoms with Crippen LogP contribution in [0.15, 0.2) is 54.6 Å². The lowest BCUT2D eigenvalue weighted by Crippen LogP contribution is -2.10. The number of anilines is 2. The fourth-order valence-electron chi connectivity index (χ4n) is 3.95. The fourth-order valence-corrected chi connectivity index (χ4v) is 3.95. The van der Waals surface area contributed by atoms with Gasteiger partial charge in [0.15, 0.2) is 11.8 Å². The van der Waals surface area contributed by atoms with Gasteiger partial charge in [0, 0.05) is 29.6 Å². The molecule has 0 saturated heterocycles. The topological polar surface area (TPSA) is 95.2 Å². The van der Waals surface area contributed by atoms with Crippen LogP contribution in [0.3, 0.4) is 0 Å². The summed E-state index contributed by atoms with van der Waals surface area (Å²) < 4.78 is 1.47. The van der Waals surface area contributed by atoms with Crippen LogP contribution in [-0.2, 0) is 6.54 Å². The summed E-state index contributed by atoms with van der Waals surface area (Å²) in [7, 11) is 0. The Bertz CT molecular complexity index is 1290. The monoisotopic (exact) mass is 427 g/mol. The molecule has 0 amide bonds. The average Bonchev–Trinajstić information content (AvgIpc) is 3.73. The smallest absolute Gasteiger partial charge is 0.225 e. The Labute approximate surface area is 185 Å². The molecule has 2 aromatic carbocycles. The Hall–Kier alpha value is -3.74. The van der Waals surface area contributed by atoms with Crippen LogP contribution in [0.1, 0.15) is 31.2 Å². The second-order valence-corrected chi connectivity index (χ2v) is 8.80. The van der Waals surface area contributed by atoms with Crippen LogP contribution >= 0.6 is 0 Å². The summed E-state index contributed by atoms with van der Waals surface area (Å²) in [4.78, 5) is 9.53. The molecular weight excluding hydrogens is 402 g/mol. The zero-order chi connectivity index (χ0) is 21.7. The highest BCUT2D eigenvalue weighted by Gasteiger charge is 2.25. The molecule has 7 heteroatoms. The maximum atomic E-state index is 9.96. The molecule has 2 aliphatic rings. The molecule has 0 aliphatic heterocycles. The van der Waals surface area contributed by atoms with E-state index >= 15 is 0 Å². The molecule has 2 fully saturated rings. The maximum Gasteiger partial charge on any atom is 0.225 e. The lowest BCUT2D eigenvalue weighted by molar-refractivity contribution is 0.377. The van der Waals surface area contributed by atoms with Gasteiger partial charge in [-0.25, -0.2) is 4.98 Å². The first-order valence-electron chi connectivity index (χ1n) is 11.1. The summed E-state index contributed by atoms with van der Waals surface area (Å²) in [5.41, 5.74) is 4.05. The minimum absolute atomic E-state index is 0.0437. The van der Waals surface area contributed by atoms with E-state index in [1.807, 2.05) is 12.1 Å². The van der Waals surface area contributed by atoms with Crippen molar-refractivity contribution in [2.24, 2.45) is 0 Å². The van der Waals surface area contributed by atoms with Crippen LogP contribution in [0.25, 0.3) is 22.0 Å². The Morgan fingerprint density at radius 2 is 1.53 bits per heavy atom. The van der Waals surface area contributed by atoms with Crippen molar-refractivity contribution in [1.82, 2.24) is 14.5 Å². The van der Waals surface area contributed by atoms with E-state index in [9.17, 15) is 10.2 Å². The summed E-state index contributed by atoms with van der Waals surface area (Å²) >= 11 is 0. The summed E-state index contributed by atoms with van der Waals surface area (Å²) in [5, 5.41) is 27.9. The first-order valence-corrected chi connectivity index (χ1v) is 11.1. The molecule has 0 unspecified atom stereocenters. The highest BCUT2D eigenvalue weighted by atomic mass is 16.3. The van der Waals surface area contributed by atoms with Crippen LogP contribution in [0, 0.1) is 0 Å². The molecule has 0 radical (unpaired) electrons. The summed E-state index contributed by atoms with van der Waals surface area (Å²) in [5.74, 6) is 1.68. The Balaban J connectivity index is 1.36. The molecule has 2 heterocycles. The van der Waals surface area contributed by atoms with Gasteiger partial charge in [-0.05, 0) is 60.6 Å². The van der Waals surface area contributed by atoms with Crippen molar-refractivity contribution in [3.05, 3.63) is 60.2 Å². The fraction of sp³-hybridized carbons (Fsp3) is 0.280. The van der Waals surface area contributed by atoms with E-state index in [4.69, 9.17) is 9.97 Å². The average molecular weight is 428 g/mol. The van der Waals surface area contributed by atoms with Crippen LogP contribution < -0.4 is 10.6 Å². The number of hydrogen-bond acceptors (Lipinski definition) is 6. The number of benzene rings is 2. The molecule has 4 N–H and O–H groups in total. The molecule has 2 saturated carbocycles. The standard InChI is InChI=1S/C25H25N5O2/c31-22-10-11-23(32)30(22)14-15-2-1-3-16(12-15)17-4-9-21-20(13-17)24(26-18-5-6-18)29-25(28-21)27-19-7-8-19/h1-4,9-13,18-19,31-32H,5-8,14H2,(H2,26,27,28,29). The summed E-state index contributed by atoms with van der Waals surface area (Å²) in [6.07, 6.45) is 4.72. The predicted octanol–water partition coefficient (Wildman–Crippen LogP) is 4.71. The SMILES string of the molecule is Oc1ccc(O)n1Cc1cccc(-c2ccc3nc(NC4CC4)nc(NC4CC4)c3c2)c1. The van der Waals surface area contributed by atoms with Crippen LogP contribution in [0.5, 0.6) is 11.8 Å². The van der Waals surface area contributed by atoms with Gasteiger partial charge in [0.2, 0.25) is 5.95 Å². The van der Waals surface area contributed by atoms with Crippen molar-refractivity contribution in [1.29, 1.82) is 0 Å². The number of fused-ring (bicyclic) bond motifs is 1. The van der Waals surface area contributed by atoms with E-state index in [1.165, 1.54) is 42.4 Å². The first-order chi connectivity index (χ1) is 15.6. The van der Waals surface area contributed by atoms with Crippen molar-refractivity contribution in [3.63, 3.8) is 0 Å². The number of nitrogens with zero attached hydrogens (tertiary/aromatic N) is 3. The van der Waals surface area contributed by atoms with Gasteiger partial charge in [0.1, 0.15) is 5.82 Å². The molecule has 0 bridgehead atoms. The minimum Gasteiger partial charge on any atom is -0.494 e. The van der Waals surface area contributed by atoms with Crippen LogP contribution in [0.4, 0.5) is 11.8 Å². The molecule has 0 atom stereocenters. The molecular formula is C25H25N5O2. The largest absolute Gasteiger partial charge is 0.494 e. The number of rotatable bonds is 7. The number of hydrogen-bond donors (Lipinski definition) is 4. The maximum absolute atomic E-state index is 9.96. The van der Waals surface area contributed by atoms with Crippen molar-refractivity contribution < 1.29 is 10.2 Å². The molecule has 2 aliphatic carbocycles. The van der Waals surface area contributed by atoms with E-state index in [2.05, 4.69) is 41.0 Å². The third-order valence-corrected chi connectivity index (χ3v) is 6.06. The zero-order valence-electron chi connectivity index (χ0n) is 17.6. The molecule has 32 heavy (non-hydrogen) atoms. The van der Waals surface area contributed by atoms with E-state index in [-0.39, 0.29) is 11.8 Å². The zero-order valence-corrected chi connectivity index (χ0v) is 17.6. The van der Waals surface area contributed by atoms with Crippen molar-refractivity contribution in [3.8, 4) is 22.9 Å². The molecule has 6 rings (SSSR count). The lowest BCUT2D eigenvalue weighted by atomic mass is 10.0. The molecule has 4 aromatic rings. The third kappa shape index (κ3) is 3.82. The van der Waals surface area contributed by atoms with Gasteiger partial charge < -0.3 is 20.8 Å². The number of aromatic nitrogens is 3. The van der Waals surface area contributed by atoms with Gasteiger partial charge in [-0.15, -0.1) is 0 Å². The van der Waals surface area contributed by atoms with Gasteiger partial charge in [-0.3, -0.25) is 4.57 Å².